The molecule has 0 bridgehead atoms. The zero-order valence-electron chi connectivity index (χ0n) is 8.34. The van der Waals surface area contributed by atoms with Gasteiger partial charge in [0.2, 0.25) is 0 Å². The molecule has 3 N–H and O–H groups in total. The van der Waals surface area contributed by atoms with E-state index in [1.807, 2.05) is 0 Å². The molecule has 2 aromatic heterocycles. The molecule has 1 atom stereocenters. The second-order valence-corrected chi connectivity index (χ2v) is 4.03. The van der Waals surface area contributed by atoms with Gasteiger partial charge in [0, 0.05) is 18.0 Å². The van der Waals surface area contributed by atoms with Crippen molar-refractivity contribution in [3.63, 3.8) is 0 Å². The number of nitrogens with two attached hydrogens (primary N) is 1. The summed E-state index contributed by atoms with van der Waals surface area (Å²) in [5.41, 5.74) is 6.17. The molecule has 0 aliphatic carbocycles. The molecule has 0 aromatic carbocycles. The second kappa shape index (κ2) is 4.48. The SMILES string of the molecule is Cc1cscc1C(NN)c1cncnc1. The van der Waals surface area contributed by atoms with Crippen molar-refractivity contribution in [2.75, 3.05) is 0 Å². The monoisotopic (exact) mass is 220 g/mol. The average Bonchev–Trinajstić information content (AvgIpc) is 2.68. The third kappa shape index (κ3) is 2.04. The fourth-order valence-electron chi connectivity index (χ4n) is 1.49. The Labute approximate surface area is 92.2 Å². The highest BCUT2D eigenvalue weighted by Crippen LogP contribution is 2.25. The lowest BCUT2D eigenvalue weighted by Crippen LogP contribution is -2.29. The number of hydrogen-bond acceptors (Lipinski definition) is 5. The minimum atomic E-state index is -0.0301. The van der Waals surface area contributed by atoms with Crippen LogP contribution in [0.1, 0.15) is 22.7 Å². The average molecular weight is 220 g/mol. The van der Waals surface area contributed by atoms with Crippen molar-refractivity contribution in [3.05, 3.63) is 46.2 Å². The Morgan fingerprint density at radius 3 is 2.60 bits per heavy atom. The highest BCUT2D eigenvalue weighted by atomic mass is 32.1. The van der Waals surface area contributed by atoms with Crippen LogP contribution >= 0.6 is 11.3 Å². The fraction of sp³-hybridized carbons (Fsp3) is 0.200. The van der Waals surface area contributed by atoms with Crippen LogP contribution in [0, 0.1) is 6.92 Å². The molecule has 2 rings (SSSR count). The maximum atomic E-state index is 5.56. The summed E-state index contributed by atoms with van der Waals surface area (Å²) in [5, 5.41) is 4.19. The van der Waals surface area contributed by atoms with Crippen LogP contribution in [0.4, 0.5) is 0 Å². The molecule has 0 radical (unpaired) electrons. The normalized spacial score (nSPS) is 12.7. The summed E-state index contributed by atoms with van der Waals surface area (Å²) in [4.78, 5) is 7.98. The van der Waals surface area contributed by atoms with Crippen molar-refractivity contribution in [1.82, 2.24) is 15.4 Å². The largest absolute Gasteiger partial charge is 0.271 e. The Morgan fingerprint density at radius 2 is 2.07 bits per heavy atom. The van der Waals surface area contributed by atoms with Crippen LogP contribution in [0.15, 0.2) is 29.5 Å². The van der Waals surface area contributed by atoms with Crippen LogP contribution in [0.5, 0.6) is 0 Å². The molecular formula is C10H12N4S. The topological polar surface area (TPSA) is 63.8 Å². The number of aromatic nitrogens is 2. The summed E-state index contributed by atoms with van der Waals surface area (Å²) in [6.45, 7) is 2.07. The van der Waals surface area contributed by atoms with Crippen LogP contribution in [0.3, 0.4) is 0 Å². The van der Waals surface area contributed by atoms with Crippen LogP contribution in [0.2, 0.25) is 0 Å². The molecule has 2 aromatic rings. The van der Waals surface area contributed by atoms with Crippen molar-refractivity contribution in [2.24, 2.45) is 5.84 Å². The van der Waals surface area contributed by atoms with E-state index in [0.29, 0.717) is 0 Å². The molecule has 0 fully saturated rings. The first-order valence-corrected chi connectivity index (χ1v) is 5.51. The number of hydrogen-bond donors (Lipinski definition) is 2. The number of hydrazine groups is 1. The molecule has 2 heterocycles. The van der Waals surface area contributed by atoms with Gasteiger partial charge in [-0.1, -0.05) is 0 Å². The molecular weight excluding hydrogens is 208 g/mol. The molecule has 1 unspecified atom stereocenters. The van der Waals surface area contributed by atoms with Gasteiger partial charge in [-0.05, 0) is 28.8 Å². The first kappa shape index (κ1) is 10.2. The third-order valence-corrected chi connectivity index (χ3v) is 3.17. The molecule has 0 spiro atoms. The number of nitrogens with one attached hydrogen (secondary N) is 1. The lowest BCUT2D eigenvalue weighted by atomic mass is 10.0. The van der Waals surface area contributed by atoms with Gasteiger partial charge in [0.1, 0.15) is 6.33 Å². The van der Waals surface area contributed by atoms with Gasteiger partial charge in [-0.3, -0.25) is 5.84 Å². The lowest BCUT2D eigenvalue weighted by molar-refractivity contribution is 0.631. The Kier molecular flexibility index (Phi) is 3.05. The third-order valence-electron chi connectivity index (χ3n) is 2.29. The molecule has 78 valence electrons. The van der Waals surface area contributed by atoms with Crippen molar-refractivity contribution in [1.29, 1.82) is 0 Å². The van der Waals surface area contributed by atoms with E-state index < -0.39 is 0 Å². The minimum absolute atomic E-state index is 0.0301. The quantitative estimate of drug-likeness (QED) is 0.606. The van der Waals surface area contributed by atoms with E-state index in [4.69, 9.17) is 5.84 Å². The highest BCUT2D eigenvalue weighted by molar-refractivity contribution is 7.08. The Hall–Kier alpha value is -1.30. The molecule has 4 nitrogen and oxygen atoms in total. The maximum Gasteiger partial charge on any atom is 0.115 e. The van der Waals surface area contributed by atoms with Gasteiger partial charge in [-0.25, -0.2) is 15.4 Å². The van der Waals surface area contributed by atoms with E-state index in [2.05, 4.69) is 33.1 Å². The number of nitrogens with zero attached hydrogens (tertiary/aromatic N) is 2. The first-order valence-electron chi connectivity index (χ1n) is 4.56. The predicted octanol–water partition coefficient (Wildman–Crippen LogP) is 1.40. The van der Waals surface area contributed by atoms with Crippen LogP contribution in [-0.4, -0.2) is 9.97 Å². The molecule has 15 heavy (non-hydrogen) atoms. The van der Waals surface area contributed by atoms with Crippen LogP contribution < -0.4 is 11.3 Å². The van der Waals surface area contributed by atoms with Gasteiger partial charge in [0.25, 0.3) is 0 Å². The molecule has 0 aliphatic heterocycles. The molecule has 5 heteroatoms. The standard InChI is InChI=1S/C10H12N4S/c1-7-4-15-5-9(7)10(14-11)8-2-12-6-13-3-8/h2-6,10,14H,11H2,1H3. The molecule has 0 amide bonds. The van der Waals surface area contributed by atoms with Crippen molar-refractivity contribution < 1.29 is 0 Å². The van der Waals surface area contributed by atoms with Crippen LogP contribution in [-0.2, 0) is 0 Å². The minimum Gasteiger partial charge on any atom is -0.271 e. The number of aryl methyl sites for hydroxylation is 1. The van der Waals surface area contributed by atoms with E-state index in [0.717, 1.165) is 5.56 Å². The Bertz CT molecular complexity index is 426. The van der Waals surface area contributed by atoms with Crippen LogP contribution in [0.25, 0.3) is 0 Å². The maximum absolute atomic E-state index is 5.56. The van der Waals surface area contributed by atoms with Gasteiger partial charge in [0.05, 0.1) is 6.04 Å². The van der Waals surface area contributed by atoms with E-state index >= 15 is 0 Å². The number of thiophene rings is 1. The van der Waals surface area contributed by atoms with E-state index in [1.165, 1.54) is 17.5 Å². The van der Waals surface area contributed by atoms with Gasteiger partial charge in [0.15, 0.2) is 0 Å². The summed E-state index contributed by atoms with van der Waals surface area (Å²) < 4.78 is 0. The van der Waals surface area contributed by atoms with E-state index in [-0.39, 0.29) is 6.04 Å². The summed E-state index contributed by atoms with van der Waals surface area (Å²) in [7, 11) is 0. The first-order chi connectivity index (χ1) is 7.33. The van der Waals surface area contributed by atoms with Crippen molar-refractivity contribution in [2.45, 2.75) is 13.0 Å². The molecule has 0 saturated heterocycles. The number of rotatable bonds is 3. The fourth-order valence-corrected chi connectivity index (χ4v) is 2.37. The van der Waals surface area contributed by atoms with Crippen molar-refractivity contribution >= 4 is 11.3 Å². The summed E-state index contributed by atoms with van der Waals surface area (Å²) >= 11 is 1.67. The summed E-state index contributed by atoms with van der Waals surface area (Å²) in [6, 6.07) is -0.0301. The zero-order chi connectivity index (χ0) is 10.7. The van der Waals surface area contributed by atoms with Gasteiger partial charge in [-0.15, -0.1) is 0 Å². The second-order valence-electron chi connectivity index (χ2n) is 3.28. The Balaban J connectivity index is 2.37. The predicted molar refractivity (Wildman–Crippen MR) is 60.3 cm³/mol. The summed E-state index contributed by atoms with van der Waals surface area (Å²) in [6.07, 6.45) is 5.06. The molecule has 0 aliphatic rings. The smallest absolute Gasteiger partial charge is 0.115 e. The summed E-state index contributed by atoms with van der Waals surface area (Å²) in [5.74, 6) is 5.56. The van der Waals surface area contributed by atoms with Crippen molar-refractivity contribution in [3.8, 4) is 0 Å². The van der Waals surface area contributed by atoms with Gasteiger partial charge in [-0.2, -0.15) is 11.3 Å². The Morgan fingerprint density at radius 1 is 1.33 bits per heavy atom. The highest BCUT2D eigenvalue weighted by Gasteiger charge is 2.15. The molecule has 0 saturated carbocycles. The van der Waals surface area contributed by atoms with E-state index in [9.17, 15) is 0 Å². The van der Waals surface area contributed by atoms with Gasteiger partial charge < -0.3 is 0 Å². The zero-order valence-corrected chi connectivity index (χ0v) is 9.16. The van der Waals surface area contributed by atoms with E-state index in [1.54, 1.807) is 23.7 Å². The lowest BCUT2D eigenvalue weighted by Gasteiger charge is -2.15. The van der Waals surface area contributed by atoms with Gasteiger partial charge >= 0.3 is 0 Å².